The molecule has 3 nitrogen and oxygen atoms in total. The van der Waals surface area contributed by atoms with Crippen molar-refractivity contribution in [3.63, 3.8) is 0 Å². The van der Waals surface area contributed by atoms with E-state index >= 15 is 0 Å². The zero-order chi connectivity index (χ0) is 13.3. The molecule has 0 amide bonds. The zero-order valence-corrected chi connectivity index (χ0v) is 11.2. The summed E-state index contributed by atoms with van der Waals surface area (Å²) < 4.78 is 5.43. The molecule has 2 aliphatic rings. The summed E-state index contributed by atoms with van der Waals surface area (Å²) >= 11 is 0. The van der Waals surface area contributed by atoms with Crippen molar-refractivity contribution in [1.82, 2.24) is 0 Å². The molecular formula is C15H22O3. The highest BCUT2D eigenvalue weighted by Crippen LogP contribution is 2.35. The first-order valence-corrected chi connectivity index (χ1v) is 6.72. The Morgan fingerprint density at radius 1 is 1.39 bits per heavy atom. The number of hydrogen-bond donors (Lipinski definition) is 1. The normalized spacial score (nSPS) is 40.7. The molecule has 4 atom stereocenters. The molecule has 100 valence electrons. The first-order valence-electron chi connectivity index (χ1n) is 6.72. The van der Waals surface area contributed by atoms with Gasteiger partial charge < -0.3 is 9.84 Å². The van der Waals surface area contributed by atoms with Crippen molar-refractivity contribution in [3.05, 3.63) is 23.8 Å². The fourth-order valence-corrected chi connectivity index (χ4v) is 2.81. The summed E-state index contributed by atoms with van der Waals surface area (Å²) in [6.07, 6.45) is 4.73. The lowest BCUT2D eigenvalue weighted by Crippen LogP contribution is -2.21. The Morgan fingerprint density at radius 3 is 2.83 bits per heavy atom. The van der Waals surface area contributed by atoms with Crippen LogP contribution in [-0.4, -0.2) is 23.3 Å². The molecule has 2 rings (SSSR count). The highest BCUT2D eigenvalue weighted by atomic mass is 16.6. The minimum Gasteiger partial charge on any atom is -0.458 e. The molecule has 0 bridgehead atoms. The third-order valence-electron chi connectivity index (χ3n) is 4.22. The predicted octanol–water partition coefficient (Wildman–Crippen LogP) is 2.60. The van der Waals surface area contributed by atoms with Gasteiger partial charge in [-0.2, -0.15) is 0 Å². The van der Waals surface area contributed by atoms with Crippen LogP contribution < -0.4 is 0 Å². The van der Waals surface area contributed by atoms with Crippen LogP contribution in [0.3, 0.4) is 0 Å². The highest BCUT2D eigenvalue weighted by Gasteiger charge is 2.40. The number of carbonyl (C=O) groups excluding carboxylic acids is 1. The highest BCUT2D eigenvalue weighted by molar-refractivity contribution is 5.75. The molecule has 0 radical (unpaired) electrons. The van der Waals surface area contributed by atoms with Gasteiger partial charge in [0, 0.05) is 5.92 Å². The van der Waals surface area contributed by atoms with Gasteiger partial charge in [-0.1, -0.05) is 19.1 Å². The second-order valence-corrected chi connectivity index (χ2v) is 5.62. The van der Waals surface area contributed by atoms with E-state index in [0.717, 1.165) is 24.8 Å². The largest absolute Gasteiger partial charge is 0.458 e. The van der Waals surface area contributed by atoms with Crippen LogP contribution >= 0.6 is 0 Å². The average molecular weight is 250 g/mol. The predicted molar refractivity (Wildman–Crippen MR) is 69.9 cm³/mol. The molecule has 1 aliphatic heterocycles. The van der Waals surface area contributed by atoms with E-state index in [1.54, 1.807) is 0 Å². The first-order chi connectivity index (χ1) is 8.49. The van der Waals surface area contributed by atoms with Crippen LogP contribution in [0.25, 0.3) is 0 Å². The van der Waals surface area contributed by atoms with Crippen molar-refractivity contribution in [2.75, 3.05) is 0 Å². The van der Waals surface area contributed by atoms with Gasteiger partial charge in [-0.25, -0.2) is 0 Å². The van der Waals surface area contributed by atoms with Gasteiger partial charge in [0.2, 0.25) is 0 Å². The van der Waals surface area contributed by atoms with E-state index in [2.05, 4.69) is 12.7 Å². The third-order valence-corrected chi connectivity index (χ3v) is 4.22. The molecule has 0 aromatic heterocycles. The number of aliphatic hydroxyl groups excluding tert-OH is 1. The molecule has 1 aliphatic carbocycles. The van der Waals surface area contributed by atoms with E-state index in [9.17, 15) is 9.90 Å². The van der Waals surface area contributed by atoms with Gasteiger partial charge in [0.25, 0.3) is 0 Å². The molecule has 0 spiro atoms. The SMILES string of the molecule is C=C1CC[C@@H]2[C@H](/C=C(\C)CC[C@H]1O)OC(=O)[C@@H]2C. The molecule has 0 aromatic rings. The fraction of sp³-hybridized carbons (Fsp3) is 0.667. The maximum atomic E-state index is 11.7. The topological polar surface area (TPSA) is 46.5 Å². The van der Waals surface area contributed by atoms with E-state index in [1.807, 2.05) is 13.8 Å². The third kappa shape index (κ3) is 2.66. The Hall–Kier alpha value is -1.09. The van der Waals surface area contributed by atoms with Crippen LogP contribution in [0.1, 0.15) is 39.5 Å². The van der Waals surface area contributed by atoms with Gasteiger partial charge in [-0.3, -0.25) is 4.79 Å². The second-order valence-electron chi connectivity index (χ2n) is 5.62. The number of ether oxygens (including phenoxy) is 1. The lowest BCUT2D eigenvalue weighted by molar-refractivity contribution is -0.142. The number of allylic oxidation sites excluding steroid dienone is 1. The minimum absolute atomic E-state index is 0.0524. The van der Waals surface area contributed by atoms with Crippen LogP contribution in [0.4, 0.5) is 0 Å². The maximum absolute atomic E-state index is 11.7. The van der Waals surface area contributed by atoms with Crippen molar-refractivity contribution in [2.45, 2.75) is 51.7 Å². The van der Waals surface area contributed by atoms with Gasteiger partial charge in [-0.05, 0) is 44.3 Å². The van der Waals surface area contributed by atoms with Crippen LogP contribution in [0.15, 0.2) is 23.8 Å². The van der Waals surface area contributed by atoms with Gasteiger partial charge in [0.1, 0.15) is 6.10 Å². The van der Waals surface area contributed by atoms with Crippen molar-refractivity contribution in [1.29, 1.82) is 0 Å². The number of esters is 1. The van der Waals surface area contributed by atoms with Gasteiger partial charge in [-0.15, -0.1) is 0 Å². The summed E-state index contributed by atoms with van der Waals surface area (Å²) in [7, 11) is 0. The lowest BCUT2D eigenvalue weighted by atomic mass is 9.83. The fourth-order valence-electron chi connectivity index (χ4n) is 2.81. The first kappa shape index (κ1) is 13.3. The standard InChI is InChI=1S/C15H22O3/c1-9-4-7-13(16)10(2)5-6-12-11(3)15(17)18-14(12)8-9/h8,11-14,16H,2,4-7H2,1,3H3/b9-8+/t11-,12+,13-,14+/m1/s1. The quantitative estimate of drug-likeness (QED) is 0.531. The number of fused-ring (bicyclic) bond motifs is 1. The van der Waals surface area contributed by atoms with Gasteiger partial charge in [0.15, 0.2) is 0 Å². The minimum atomic E-state index is -0.418. The Bertz CT molecular complexity index is 383. The van der Waals surface area contributed by atoms with E-state index in [-0.39, 0.29) is 23.9 Å². The maximum Gasteiger partial charge on any atom is 0.309 e. The number of carbonyl (C=O) groups is 1. The number of hydrogen-bond acceptors (Lipinski definition) is 3. The molecule has 0 saturated carbocycles. The van der Waals surface area contributed by atoms with Crippen LogP contribution in [0.5, 0.6) is 0 Å². The number of aliphatic hydroxyl groups is 1. The van der Waals surface area contributed by atoms with E-state index in [1.165, 1.54) is 5.57 Å². The molecule has 1 N–H and O–H groups in total. The molecular weight excluding hydrogens is 228 g/mol. The van der Waals surface area contributed by atoms with Gasteiger partial charge in [0.05, 0.1) is 12.0 Å². The van der Waals surface area contributed by atoms with Crippen LogP contribution in [0, 0.1) is 11.8 Å². The molecule has 1 saturated heterocycles. The smallest absolute Gasteiger partial charge is 0.309 e. The summed E-state index contributed by atoms with van der Waals surface area (Å²) in [5, 5.41) is 9.95. The Morgan fingerprint density at radius 2 is 2.11 bits per heavy atom. The Kier molecular flexibility index (Phi) is 3.91. The summed E-state index contributed by atoms with van der Waals surface area (Å²) in [6.45, 7) is 7.92. The summed E-state index contributed by atoms with van der Waals surface area (Å²) in [6, 6.07) is 0. The van der Waals surface area contributed by atoms with E-state index in [4.69, 9.17) is 4.74 Å². The van der Waals surface area contributed by atoms with E-state index in [0.29, 0.717) is 6.42 Å². The van der Waals surface area contributed by atoms with Crippen molar-refractivity contribution in [3.8, 4) is 0 Å². The Labute approximate surface area is 109 Å². The monoisotopic (exact) mass is 250 g/mol. The molecule has 0 unspecified atom stereocenters. The van der Waals surface area contributed by atoms with Crippen molar-refractivity contribution >= 4 is 5.97 Å². The molecule has 3 heteroatoms. The molecule has 18 heavy (non-hydrogen) atoms. The summed E-state index contributed by atoms with van der Waals surface area (Å²) in [4.78, 5) is 11.7. The second kappa shape index (κ2) is 5.27. The van der Waals surface area contributed by atoms with E-state index < -0.39 is 6.10 Å². The summed E-state index contributed by atoms with van der Waals surface area (Å²) in [5.74, 6) is 0.0670. The summed E-state index contributed by atoms with van der Waals surface area (Å²) in [5.41, 5.74) is 2.07. The average Bonchev–Trinajstić information content (AvgIpc) is 2.58. The number of rotatable bonds is 0. The molecule has 1 fully saturated rings. The Balaban J connectivity index is 2.21. The van der Waals surface area contributed by atoms with Crippen LogP contribution in [-0.2, 0) is 9.53 Å². The molecule has 0 aromatic carbocycles. The van der Waals surface area contributed by atoms with Crippen LogP contribution in [0.2, 0.25) is 0 Å². The zero-order valence-electron chi connectivity index (χ0n) is 11.2. The van der Waals surface area contributed by atoms with Gasteiger partial charge >= 0.3 is 5.97 Å². The lowest BCUT2D eigenvalue weighted by Gasteiger charge is -2.22. The van der Waals surface area contributed by atoms with Crippen molar-refractivity contribution < 1.29 is 14.6 Å². The molecule has 1 heterocycles. The van der Waals surface area contributed by atoms with Crippen molar-refractivity contribution in [2.24, 2.45) is 11.8 Å².